The monoisotopic (exact) mass is 669 g/mol. The summed E-state index contributed by atoms with van der Waals surface area (Å²) in [6.45, 7) is 0. The molecular formula is C47H31N3O2. The van der Waals surface area contributed by atoms with E-state index in [-0.39, 0.29) is 5.92 Å². The molecule has 1 atom stereocenters. The predicted octanol–water partition coefficient (Wildman–Crippen LogP) is 12.2. The van der Waals surface area contributed by atoms with Gasteiger partial charge in [0.15, 0.2) is 11.6 Å². The molecule has 3 heterocycles. The highest BCUT2D eigenvalue weighted by atomic mass is 16.3. The van der Waals surface area contributed by atoms with Crippen LogP contribution in [0.2, 0.25) is 0 Å². The Morgan fingerprint density at radius 3 is 2.21 bits per heavy atom. The first-order valence-electron chi connectivity index (χ1n) is 17.9. The molecule has 0 saturated carbocycles. The van der Waals surface area contributed by atoms with Crippen LogP contribution in [0.1, 0.15) is 41.5 Å². The fourth-order valence-corrected chi connectivity index (χ4v) is 8.12. The lowest BCUT2D eigenvalue weighted by Gasteiger charge is -2.20. The van der Waals surface area contributed by atoms with E-state index in [1.54, 1.807) is 0 Å². The highest BCUT2D eigenvalue weighted by molar-refractivity contribution is 6.18. The van der Waals surface area contributed by atoms with Crippen molar-refractivity contribution in [3.63, 3.8) is 0 Å². The van der Waals surface area contributed by atoms with E-state index >= 15 is 0 Å². The van der Waals surface area contributed by atoms with E-state index in [1.165, 1.54) is 21.9 Å². The van der Waals surface area contributed by atoms with Crippen LogP contribution in [0.5, 0.6) is 0 Å². The van der Waals surface area contributed by atoms with E-state index < -0.39 is 0 Å². The summed E-state index contributed by atoms with van der Waals surface area (Å²) in [6, 6.07) is 40.4. The third kappa shape index (κ3) is 4.66. The Kier molecular flexibility index (Phi) is 6.44. The molecule has 0 spiro atoms. The first-order chi connectivity index (χ1) is 25.7. The first kappa shape index (κ1) is 29.2. The minimum atomic E-state index is 0.0413. The van der Waals surface area contributed by atoms with Gasteiger partial charge in [-0.2, -0.15) is 0 Å². The van der Waals surface area contributed by atoms with Gasteiger partial charge in [-0.15, -0.1) is 0 Å². The SMILES string of the molecule is C1=CCCC(c2nc(-c3cccc4oc5cccc(-c6ccc7oc8cc9ccccc9cc8c7c6)c5c34)nc(C3C=Cc4ccccc4C3)n2)=C1. The molecule has 52 heavy (non-hydrogen) atoms. The van der Waals surface area contributed by atoms with Crippen LogP contribution in [-0.4, -0.2) is 15.0 Å². The van der Waals surface area contributed by atoms with Crippen LogP contribution in [0.3, 0.4) is 0 Å². The van der Waals surface area contributed by atoms with Gasteiger partial charge < -0.3 is 8.83 Å². The van der Waals surface area contributed by atoms with Crippen LogP contribution in [-0.2, 0) is 6.42 Å². The average Bonchev–Trinajstić information content (AvgIpc) is 3.77. The van der Waals surface area contributed by atoms with Crippen LogP contribution in [0, 0.1) is 0 Å². The van der Waals surface area contributed by atoms with E-state index in [4.69, 9.17) is 23.8 Å². The number of allylic oxidation sites excluding steroid dienone is 5. The van der Waals surface area contributed by atoms with Crippen LogP contribution in [0.15, 0.2) is 148 Å². The standard InChI is InChI=1S/C47H31N3O2/c1-2-11-29(12-3-1)45-48-46(34-21-20-28-10-4-5-13-30(28)24-34)50-47(49-45)36-17-9-19-41-44(36)43-35(16-8-18-40(43)52-41)33-22-23-39-37(26-33)38-25-31-14-6-7-15-32(31)27-42(38)51-39/h1-2,4-11,13-23,25-27,34H,3,12,24H2. The fraction of sp³-hybridized carbons (Fsp3) is 0.0851. The highest BCUT2D eigenvalue weighted by Gasteiger charge is 2.24. The molecule has 246 valence electrons. The van der Waals surface area contributed by atoms with Gasteiger partial charge in [0, 0.05) is 33.0 Å². The Morgan fingerprint density at radius 1 is 0.596 bits per heavy atom. The van der Waals surface area contributed by atoms with Gasteiger partial charge in [-0.1, -0.05) is 109 Å². The van der Waals surface area contributed by atoms with Crippen molar-refractivity contribution in [3.05, 3.63) is 162 Å². The summed E-state index contributed by atoms with van der Waals surface area (Å²) < 4.78 is 12.9. The van der Waals surface area contributed by atoms with Gasteiger partial charge in [0.1, 0.15) is 28.2 Å². The van der Waals surface area contributed by atoms with E-state index in [0.717, 1.165) is 97.1 Å². The molecule has 11 rings (SSSR count). The molecule has 5 heteroatoms. The quantitative estimate of drug-likeness (QED) is 0.187. The number of fused-ring (bicyclic) bond motifs is 8. The zero-order valence-electron chi connectivity index (χ0n) is 28.2. The number of hydrogen-bond acceptors (Lipinski definition) is 5. The summed E-state index contributed by atoms with van der Waals surface area (Å²) in [5.74, 6) is 2.23. The Hall–Kier alpha value is -6.59. The molecule has 2 aliphatic carbocycles. The summed E-state index contributed by atoms with van der Waals surface area (Å²) in [6.07, 6.45) is 13.6. The molecule has 0 radical (unpaired) electrons. The molecule has 0 aliphatic heterocycles. The van der Waals surface area contributed by atoms with Crippen molar-refractivity contribution in [2.45, 2.75) is 25.2 Å². The first-order valence-corrected chi connectivity index (χ1v) is 17.9. The van der Waals surface area contributed by atoms with Gasteiger partial charge in [-0.3, -0.25) is 0 Å². The zero-order chi connectivity index (χ0) is 34.2. The van der Waals surface area contributed by atoms with Gasteiger partial charge in [0.25, 0.3) is 0 Å². The second-order valence-corrected chi connectivity index (χ2v) is 13.8. The van der Waals surface area contributed by atoms with Gasteiger partial charge >= 0.3 is 0 Å². The van der Waals surface area contributed by atoms with Crippen LogP contribution in [0.4, 0.5) is 0 Å². The van der Waals surface area contributed by atoms with E-state index in [0.29, 0.717) is 5.82 Å². The molecule has 0 amide bonds. The third-order valence-corrected chi connectivity index (χ3v) is 10.7. The topological polar surface area (TPSA) is 65.0 Å². The number of nitrogens with zero attached hydrogens (tertiary/aromatic N) is 3. The number of aromatic nitrogens is 3. The molecule has 9 aromatic rings. The molecule has 6 aromatic carbocycles. The minimum absolute atomic E-state index is 0.0413. The number of hydrogen-bond donors (Lipinski definition) is 0. The third-order valence-electron chi connectivity index (χ3n) is 10.7. The zero-order valence-corrected chi connectivity index (χ0v) is 28.2. The molecule has 0 saturated heterocycles. The Morgan fingerprint density at radius 2 is 1.35 bits per heavy atom. The second-order valence-electron chi connectivity index (χ2n) is 13.8. The fourth-order valence-electron chi connectivity index (χ4n) is 8.12. The van der Waals surface area contributed by atoms with E-state index in [9.17, 15) is 0 Å². The Bertz CT molecular complexity index is 3010. The maximum absolute atomic E-state index is 6.58. The summed E-state index contributed by atoms with van der Waals surface area (Å²) in [4.78, 5) is 15.6. The molecule has 5 nitrogen and oxygen atoms in total. The molecule has 0 bridgehead atoms. The van der Waals surface area contributed by atoms with Crippen LogP contribution >= 0.6 is 0 Å². The maximum Gasteiger partial charge on any atom is 0.164 e. The lowest BCUT2D eigenvalue weighted by atomic mass is 9.89. The van der Waals surface area contributed by atoms with Crippen molar-refractivity contribution < 1.29 is 8.83 Å². The van der Waals surface area contributed by atoms with Crippen LogP contribution in [0.25, 0.3) is 88.8 Å². The minimum Gasteiger partial charge on any atom is -0.456 e. The lowest BCUT2D eigenvalue weighted by molar-refractivity contribution is 0.669. The van der Waals surface area contributed by atoms with Gasteiger partial charge in [0.05, 0.1) is 0 Å². The number of furan rings is 2. The average molecular weight is 670 g/mol. The van der Waals surface area contributed by atoms with Gasteiger partial charge in [0.2, 0.25) is 0 Å². The predicted molar refractivity (Wildman–Crippen MR) is 211 cm³/mol. The van der Waals surface area contributed by atoms with Crippen molar-refractivity contribution in [2.24, 2.45) is 0 Å². The largest absolute Gasteiger partial charge is 0.456 e. The molecule has 0 fully saturated rings. The summed E-state index contributed by atoms with van der Waals surface area (Å²) >= 11 is 0. The van der Waals surface area contributed by atoms with Gasteiger partial charge in [-0.05, 0) is 94.3 Å². The van der Waals surface area contributed by atoms with Crippen molar-refractivity contribution in [2.75, 3.05) is 0 Å². The van der Waals surface area contributed by atoms with Gasteiger partial charge in [-0.25, -0.2) is 15.0 Å². The van der Waals surface area contributed by atoms with Crippen LogP contribution < -0.4 is 0 Å². The molecule has 1 unspecified atom stereocenters. The summed E-state index contributed by atoms with van der Waals surface area (Å²) in [5, 5.41) is 6.60. The molecule has 3 aromatic heterocycles. The van der Waals surface area contributed by atoms with Crippen molar-refractivity contribution in [1.29, 1.82) is 0 Å². The number of benzene rings is 6. The van der Waals surface area contributed by atoms with E-state index in [1.807, 2.05) is 18.2 Å². The maximum atomic E-state index is 6.58. The van der Waals surface area contributed by atoms with Crippen molar-refractivity contribution >= 4 is 66.3 Å². The van der Waals surface area contributed by atoms with Crippen molar-refractivity contribution in [1.82, 2.24) is 15.0 Å². The second kappa shape index (κ2) is 11.5. The summed E-state index contributed by atoms with van der Waals surface area (Å²) in [5.41, 5.74) is 10.2. The Labute approximate surface area is 299 Å². The number of rotatable bonds is 4. The smallest absolute Gasteiger partial charge is 0.164 e. The Balaban J connectivity index is 1.11. The van der Waals surface area contributed by atoms with Crippen molar-refractivity contribution in [3.8, 4) is 22.5 Å². The lowest BCUT2D eigenvalue weighted by Crippen LogP contribution is -2.13. The molecular weight excluding hydrogens is 639 g/mol. The normalized spacial score (nSPS) is 15.6. The molecule has 2 aliphatic rings. The summed E-state index contributed by atoms with van der Waals surface area (Å²) in [7, 11) is 0. The molecule has 0 N–H and O–H groups in total. The highest BCUT2D eigenvalue weighted by Crippen LogP contribution is 2.43. The van der Waals surface area contributed by atoms with E-state index in [2.05, 4.69) is 127 Å².